The molecule has 0 aliphatic heterocycles. The van der Waals surface area contributed by atoms with Crippen LogP contribution in [0, 0.1) is 0 Å². The third-order valence-electron chi connectivity index (χ3n) is 2.66. The maximum Gasteiger partial charge on any atom is 0.460 e. The number of hydrogen-bond acceptors (Lipinski definition) is 2. The Morgan fingerprint density at radius 3 is 2.17 bits per heavy atom. The van der Waals surface area contributed by atoms with Gasteiger partial charge >= 0.3 is 18.0 Å². The number of rotatable bonds is 5. The van der Waals surface area contributed by atoms with Crippen LogP contribution in [0.1, 0.15) is 5.56 Å². The largest absolute Gasteiger partial charge is 0.497 e. The highest BCUT2D eigenvalue weighted by Crippen LogP contribution is 2.48. The van der Waals surface area contributed by atoms with Gasteiger partial charge in [-0.15, -0.1) is 0 Å². The lowest BCUT2D eigenvalue weighted by atomic mass is 10.1. The number of nitrogens with zero attached hydrogens (tertiary/aromatic N) is 1. The van der Waals surface area contributed by atoms with Gasteiger partial charge in [0.2, 0.25) is 0 Å². The summed E-state index contributed by atoms with van der Waals surface area (Å²) >= 11 is 7.97. The summed E-state index contributed by atoms with van der Waals surface area (Å²) in [6.45, 7) is 0. The van der Waals surface area contributed by atoms with Crippen LogP contribution in [0.15, 0.2) is 23.2 Å². The van der Waals surface area contributed by atoms with Crippen LogP contribution in [0.25, 0.3) is 0 Å². The molecule has 0 bridgehead atoms. The third-order valence-corrected chi connectivity index (χ3v) is 3.58. The van der Waals surface area contributed by atoms with Crippen molar-refractivity contribution >= 4 is 38.4 Å². The van der Waals surface area contributed by atoms with Crippen LogP contribution in [0.3, 0.4) is 0 Å². The lowest BCUT2D eigenvalue weighted by Crippen LogP contribution is -2.54. The van der Waals surface area contributed by atoms with Gasteiger partial charge in [-0.2, -0.15) is 30.7 Å². The van der Waals surface area contributed by atoms with E-state index in [1.165, 1.54) is 19.2 Å². The molecule has 0 aliphatic carbocycles. The zero-order valence-corrected chi connectivity index (χ0v) is 13.5. The van der Waals surface area contributed by atoms with Crippen LogP contribution in [0.2, 0.25) is 0 Å². The highest BCUT2D eigenvalue weighted by atomic mass is 79.9. The van der Waals surface area contributed by atoms with Crippen LogP contribution in [0.4, 0.5) is 36.4 Å². The third kappa shape index (κ3) is 3.90. The molecule has 23 heavy (non-hydrogen) atoms. The fourth-order valence-electron chi connectivity index (χ4n) is 1.39. The second-order valence-electron chi connectivity index (χ2n) is 4.18. The maximum atomic E-state index is 13.4. The quantitative estimate of drug-likeness (QED) is 0.334. The fraction of sp³-hybridized carbons (Fsp3) is 0.417. The van der Waals surface area contributed by atoms with Gasteiger partial charge in [0.1, 0.15) is 5.75 Å². The van der Waals surface area contributed by atoms with Gasteiger partial charge in [0, 0.05) is 5.33 Å². The van der Waals surface area contributed by atoms with E-state index >= 15 is 0 Å². The lowest BCUT2D eigenvalue weighted by Gasteiger charge is -2.27. The first kappa shape index (κ1) is 20.0. The number of alkyl halides is 8. The summed E-state index contributed by atoms with van der Waals surface area (Å²) in [4.78, 5) is 3.02. The van der Waals surface area contributed by atoms with Gasteiger partial charge in [-0.25, -0.2) is 4.99 Å². The Morgan fingerprint density at radius 1 is 1.17 bits per heavy atom. The molecular formula is C12H8BrClF7NO. The standard InChI is InChI=1S/C12H8BrClF7NO/c1-23-7-2-3-8(6(4-7)5-13)22-9(14)10(15,16)11(17,18)12(19,20)21/h2-4H,5H2,1H3. The predicted molar refractivity (Wildman–Crippen MR) is 74.5 cm³/mol. The van der Waals surface area contributed by atoms with Gasteiger partial charge in [0.05, 0.1) is 12.8 Å². The van der Waals surface area contributed by atoms with E-state index in [9.17, 15) is 30.7 Å². The molecule has 0 unspecified atom stereocenters. The molecule has 0 spiro atoms. The van der Waals surface area contributed by atoms with Gasteiger partial charge in [-0.3, -0.25) is 0 Å². The van der Waals surface area contributed by atoms with Crippen LogP contribution >= 0.6 is 27.5 Å². The zero-order valence-electron chi connectivity index (χ0n) is 11.2. The fourth-order valence-corrected chi connectivity index (χ4v) is 2.05. The molecule has 0 aromatic heterocycles. The average Bonchev–Trinajstić information content (AvgIpc) is 2.46. The van der Waals surface area contributed by atoms with Crippen molar-refractivity contribution in [3.05, 3.63) is 23.8 Å². The summed E-state index contributed by atoms with van der Waals surface area (Å²) in [5.74, 6) is -11.8. The summed E-state index contributed by atoms with van der Waals surface area (Å²) in [6.07, 6.45) is -6.48. The molecule has 0 aliphatic rings. The van der Waals surface area contributed by atoms with Gasteiger partial charge in [-0.1, -0.05) is 27.5 Å². The van der Waals surface area contributed by atoms with Crippen LogP contribution in [0.5, 0.6) is 5.75 Å². The van der Waals surface area contributed by atoms with E-state index in [-0.39, 0.29) is 16.6 Å². The Bertz CT molecular complexity index is 604. The molecule has 0 radical (unpaired) electrons. The summed E-state index contributed by atoms with van der Waals surface area (Å²) < 4.78 is 93.7. The van der Waals surface area contributed by atoms with E-state index in [2.05, 4.69) is 20.9 Å². The van der Waals surface area contributed by atoms with E-state index < -0.39 is 23.2 Å². The smallest absolute Gasteiger partial charge is 0.460 e. The molecule has 0 amide bonds. The maximum absolute atomic E-state index is 13.4. The highest BCUT2D eigenvalue weighted by Gasteiger charge is 2.75. The number of benzene rings is 1. The van der Waals surface area contributed by atoms with Crippen molar-refractivity contribution in [3.63, 3.8) is 0 Å². The molecular weight excluding hydrogens is 422 g/mol. The number of hydrogen-bond donors (Lipinski definition) is 0. The Hall–Kier alpha value is -1.03. The molecule has 0 atom stereocenters. The summed E-state index contributed by atoms with van der Waals surface area (Å²) in [5.41, 5.74) is -0.0982. The molecule has 0 N–H and O–H groups in total. The van der Waals surface area contributed by atoms with Crippen molar-refractivity contribution < 1.29 is 35.5 Å². The summed E-state index contributed by atoms with van der Waals surface area (Å²) in [6, 6.07) is 3.69. The Labute approximate surface area is 139 Å². The van der Waals surface area contributed by atoms with Crippen LogP contribution in [-0.4, -0.2) is 30.3 Å². The number of aliphatic imine (C=N–C) groups is 1. The SMILES string of the molecule is COc1ccc(N=C(Cl)C(F)(F)C(F)(F)C(F)(F)F)c(CBr)c1. The normalized spacial score (nSPS) is 14.1. The molecule has 0 heterocycles. The second kappa shape index (κ2) is 6.84. The van der Waals surface area contributed by atoms with Crippen molar-refractivity contribution in [2.45, 2.75) is 23.4 Å². The lowest BCUT2D eigenvalue weighted by molar-refractivity contribution is -0.335. The van der Waals surface area contributed by atoms with Gasteiger partial charge in [-0.05, 0) is 23.8 Å². The van der Waals surface area contributed by atoms with Crippen molar-refractivity contribution in [2.75, 3.05) is 7.11 Å². The average molecular weight is 431 g/mol. The number of halogens is 9. The molecule has 0 saturated heterocycles. The Morgan fingerprint density at radius 2 is 1.74 bits per heavy atom. The Balaban J connectivity index is 3.33. The molecule has 2 nitrogen and oxygen atoms in total. The minimum Gasteiger partial charge on any atom is -0.497 e. The van der Waals surface area contributed by atoms with Crippen molar-refractivity contribution in [3.8, 4) is 5.75 Å². The molecule has 0 fully saturated rings. The molecule has 1 aromatic carbocycles. The molecule has 11 heteroatoms. The zero-order chi connectivity index (χ0) is 18.1. The van der Waals surface area contributed by atoms with E-state index in [0.29, 0.717) is 5.75 Å². The molecule has 1 rings (SSSR count). The first-order valence-corrected chi connectivity index (χ1v) is 7.18. The minimum atomic E-state index is -6.48. The molecule has 130 valence electrons. The Kier molecular flexibility index (Phi) is 5.95. The van der Waals surface area contributed by atoms with E-state index in [0.717, 1.165) is 6.07 Å². The highest BCUT2D eigenvalue weighted by molar-refractivity contribution is 9.08. The van der Waals surface area contributed by atoms with Crippen LogP contribution < -0.4 is 4.74 Å². The van der Waals surface area contributed by atoms with Gasteiger partial charge in [0.25, 0.3) is 0 Å². The van der Waals surface area contributed by atoms with Crippen LogP contribution in [-0.2, 0) is 5.33 Å². The van der Waals surface area contributed by atoms with Crippen molar-refractivity contribution in [1.82, 2.24) is 0 Å². The van der Waals surface area contributed by atoms with E-state index in [1.807, 2.05) is 0 Å². The monoisotopic (exact) mass is 429 g/mol. The summed E-state index contributed by atoms with van der Waals surface area (Å²) in [5, 5.41) is -2.12. The minimum absolute atomic E-state index is 0.0500. The first-order valence-electron chi connectivity index (χ1n) is 5.68. The summed E-state index contributed by atoms with van der Waals surface area (Å²) in [7, 11) is 1.32. The topological polar surface area (TPSA) is 21.6 Å². The van der Waals surface area contributed by atoms with Crippen molar-refractivity contribution in [1.29, 1.82) is 0 Å². The second-order valence-corrected chi connectivity index (χ2v) is 5.10. The predicted octanol–water partition coefficient (Wildman–Crippen LogP) is 5.69. The van der Waals surface area contributed by atoms with Gasteiger partial charge < -0.3 is 4.74 Å². The van der Waals surface area contributed by atoms with E-state index in [4.69, 9.17) is 16.3 Å². The molecule has 1 aromatic rings. The van der Waals surface area contributed by atoms with Crippen molar-refractivity contribution in [2.24, 2.45) is 4.99 Å². The first-order chi connectivity index (χ1) is 10.4. The number of ether oxygens (including phenoxy) is 1. The van der Waals surface area contributed by atoms with Gasteiger partial charge in [0.15, 0.2) is 5.17 Å². The molecule has 0 saturated carbocycles. The number of methoxy groups -OCH3 is 1. The van der Waals surface area contributed by atoms with E-state index in [1.54, 1.807) is 0 Å².